The molecule has 1 aliphatic carbocycles. The van der Waals surface area contributed by atoms with Gasteiger partial charge >= 0.3 is 11.9 Å². The Labute approximate surface area is 158 Å². The normalized spacial score (nSPS) is 16.8. The smallest absolute Gasteiger partial charge is 0.333 e. The number of methoxy groups -OCH3 is 1. The first kappa shape index (κ1) is 20.0. The summed E-state index contributed by atoms with van der Waals surface area (Å²) in [5.41, 5.74) is -1.15. The Morgan fingerprint density at radius 3 is 2.42 bits per heavy atom. The Hall–Kier alpha value is -2.32. The monoisotopic (exact) mass is 375 g/mol. The second-order valence-corrected chi connectivity index (χ2v) is 6.91. The number of carbonyl (C=O) groups excluding carboxylic acids is 2. The van der Waals surface area contributed by atoms with E-state index in [2.05, 4.69) is 17.4 Å². The van der Waals surface area contributed by atoms with Crippen molar-refractivity contribution in [2.45, 2.75) is 44.1 Å². The average molecular weight is 376 g/mol. The van der Waals surface area contributed by atoms with Crippen molar-refractivity contribution in [3.63, 3.8) is 0 Å². The van der Waals surface area contributed by atoms with Crippen LogP contribution in [0.15, 0.2) is 36.4 Å². The number of benzene rings is 1. The summed E-state index contributed by atoms with van der Waals surface area (Å²) in [6, 6.07) is 8.53. The van der Waals surface area contributed by atoms with Crippen molar-refractivity contribution in [1.82, 2.24) is 0 Å². The van der Waals surface area contributed by atoms with Gasteiger partial charge in [-0.05, 0) is 25.0 Å². The fourth-order valence-electron chi connectivity index (χ4n) is 3.15. The van der Waals surface area contributed by atoms with Crippen LogP contribution in [0.1, 0.15) is 44.1 Å². The maximum absolute atomic E-state index is 12.7. The molecular weight excluding hydrogens is 354 g/mol. The first-order chi connectivity index (χ1) is 12.4. The molecule has 2 rings (SSSR count). The molecule has 0 radical (unpaired) electrons. The van der Waals surface area contributed by atoms with E-state index in [0.717, 1.165) is 32.1 Å². The molecule has 1 saturated carbocycles. The van der Waals surface area contributed by atoms with Gasteiger partial charge in [-0.25, -0.2) is 4.79 Å². The van der Waals surface area contributed by atoms with Gasteiger partial charge < -0.3 is 9.47 Å². The van der Waals surface area contributed by atoms with Gasteiger partial charge in [0, 0.05) is 22.6 Å². The first-order valence-electron chi connectivity index (χ1n) is 8.58. The van der Waals surface area contributed by atoms with Crippen molar-refractivity contribution in [3.05, 3.63) is 47.0 Å². The minimum Gasteiger partial charge on any atom is -0.466 e. The number of halogens is 1. The molecule has 26 heavy (non-hydrogen) atoms. The lowest BCUT2D eigenvalue weighted by molar-refractivity contribution is -0.162. The van der Waals surface area contributed by atoms with Gasteiger partial charge in [0.05, 0.1) is 13.0 Å². The molecule has 0 bridgehead atoms. The molecule has 0 heterocycles. The minimum absolute atomic E-state index is 0.0560. The van der Waals surface area contributed by atoms with Crippen molar-refractivity contribution in [1.29, 1.82) is 5.26 Å². The van der Waals surface area contributed by atoms with Crippen LogP contribution in [-0.4, -0.2) is 19.0 Å². The van der Waals surface area contributed by atoms with Crippen molar-refractivity contribution >= 4 is 23.5 Å². The van der Waals surface area contributed by atoms with E-state index in [9.17, 15) is 14.9 Å². The summed E-state index contributed by atoms with van der Waals surface area (Å²) in [6.07, 6.45) is 4.36. The Balaban J connectivity index is 2.34. The van der Waals surface area contributed by atoms with Crippen LogP contribution in [0.25, 0.3) is 0 Å². The number of hydrogen-bond donors (Lipinski definition) is 0. The molecule has 0 N–H and O–H groups in total. The summed E-state index contributed by atoms with van der Waals surface area (Å²) in [7, 11) is 1.23. The largest absolute Gasteiger partial charge is 0.466 e. The van der Waals surface area contributed by atoms with Crippen LogP contribution in [0.3, 0.4) is 0 Å². The Morgan fingerprint density at radius 1 is 1.27 bits per heavy atom. The lowest BCUT2D eigenvalue weighted by Crippen LogP contribution is -2.35. The van der Waals surface area contributed by atoms with Crippen molar-refractivity contribution < 1.29 is 19.1 Å². The van der Waals surface area contributed by atoms with Gasteiger partial charge in [-0.1, -0.05) is 49.6 Å². The standard InChI is InChI=1S/C20H22ClNO4/c1-14(18(23)25-2)12-20(13-22,16-8-10-17(21)11-9-16)26-19(24)15-6-4-3-5-7-15/h8-11,15H,1,3-7,12H2,2H3. The van der Waals surface area contributed by atoms with Crippen molar-refractivity contribution in [2.75, 3.05) is 7.11 Å². The summed E-state index contributed by atoms with van der Waals surface area (Å²) in [5.74, 6) is -1.29. The van der Waals surface area contributed by atoms with Gasteiger partial charge in [0.1, 0.15) is 6.07 Å². The molecule has 1 aromatic rings. The van der Waals surface area contributed by atoms with Crippen LogP contribution in [0.4, 0.5) is 0 Å². The predicted octanol–water partition coefficient (Wildman–Crippen LogP) is 4.30. The zero-order chi connectivity index (χ0) is 19.2. The molecule has 0 aromatic heterocycles. The fraction of sp³-hybridized carbons (Fsp3) is 0.450. The number of nitrogens with zero attached hydrogens (tertiary/aromatic N) is 1. The molecule has 6 heteroatoms. The van der Waals surface area contributed by atoms with E-state index in [0.29, 0.717) is 10.6 Å². The summed E-state index contributed by atoms with van der Waals surface area (Å²) < 4.78 is 10.4. The third-order valence-corrected chi connectivity index (χ3v) is 4.89. The number of esters is 2. The number of ether oxygens (including phenoxy) is 2. The van der Waals surface area contributed by atoms with Gasteiger partial charge in [0.2, 0.25) is 5.60 Å². The second kappa shape index (κ2) is 8.86. The first-order valence-corrected chi connectivity index (χ1v) is 8.96. The third kappa shape index (κ3) is 4.64. The molecule has 0 saturated heterocycles. The van der Waals surface area contributed by atoms with Crippen molar-refractivity contribution in [2.24, 2.45) is 5.92 Å². The van der Waals surface area contributed by atoms with Gasteiger partial charge in [-0.2, -0.15) is 5.26 Å². The average Bonchev–Trinajstić information content (AvgIpc) is 2.67. The van der Waals surface area contributed by atoms with Crippen molar-refractivity contribution in [3.8, 4) is 6.07 Å². The molecule has 1 unspecified atom stereocenters. The molecular formula is C20H22ClNO4. The maximum atomic E-state index is 12.7. The lowest BCUT2D eigenvalue weighted by Gasteiger charge is -2.30. The highest BCUT2D eigenvalue weighted by atomic mass is 35.5. The zero-order valence-corrected chi connectivity index (χ0v) is 15.6. The molecule has 1 aliphatic rings. The fourth-order valence-corrected chi connectivity index (χ4v) is 3.28. The highest BCUT2D eigenvalue weighted by Crippen LogP contribution is 2.35. The number of carbonyl (C=O) groups is 2. The number of nitriles is 1. The number of hydrogen-bond acceptors (Lipinski definition) is 5. The molecule has 1 fully saturated rings. The molecule has 1 aromatic carbocycles. The summed E-state index contributed by atoms with van der Waals surface area (Å²) >= 11 is 5.93. The minimum atomic E-state index is -1.65. The highest BCUT2D eigenvalue weighted by molar-refractivity contribution is 6.30. The van der Waals surface area contributed by atoms with Gasteiger partial charge in [-0.3, -0.25) is 4.79 Å². The maximum Gasteiger partial charge on any atom is 0.333 e. The van der Waals surface area contributed by atoms with E-state index in [-0.39, 0.29) is 17.9 Å². The van der Waals surface area contributed by atoms with E-state index in [4.69, 9.17) is 16.3 Å². The van der Waals surface area contributed by atoms with Crippen LogP contribution in [0, 0.1) is 17.2 Å². The predicted molar refractivity (Wildman–Crippen MR) is 97.2 cm³/mol. The van der Waals surface area contributed by atoms with Crippen LogP contribution >= 0.6 is 11.6 Å². The molecule has 1 atom stereocenters. The summed E-state index contributed by atoms with van der Waals surface area (Å²) in [6.45, 7) is 3.68. The van der Waals surface area contributed by atoms with E-state index in [1.807, 2.05) is 0 Å². The molecule has 138 valence electrons. The third-order valence-electron chi connectivity index (χ3n) is 4.64. The van der Waals surface area contributed by atoms with Crippen LogP contribution < -0.4 is 0 Å². The Kier molecular flexibility index (Phi) is 6.82. The van der Waals surface area contributed by atoms with Gasteiger partial charge in [-0.15, -0.1) is 0 Å². The second-order valence-electron chi connectivity index (χ2n) is 6.47. The van der Waals surface area contributed by atoms with Gasteiger partial charge in [0.25, 0.3) is 0 Å². The summed E-state index contributed by atoms with van der Waals surface area (Å²) in [5, 5.41) is 10.4. The number of rotatable bonds is 6. The highest BCUT2D eigenvalue weighted by Gasteiger charge is 2.40. The van der Waals surface area contributed by atoms with E-state index in [1.54, 1.807) is 24.3 Å². The zero-order valence-electron chi connectivity index (χ0n) is 14.8. The lowest BCUT2D eigenvalue weighted by atomic mass is 9.86. The SMILES string of the molecule is C=C(CC(C#N)(OC(=O)C1CCCCC1)c1ccc(Cl)cc1)C(=O)OC. The molecule has 5 nitrogen and oxygen atoms in total. The molecule has 0 amide bonds. The Morgan fingerprint density at radius 2 is 1.88 bits per heavy atom. The topological polar surface area (TPSA) is 76.4 Å². The van der Waals surface area contributed by atoms with Crippen LogP contribution in [0.2, 0.25) is 5.02 Å². The van der Waals surface area contributed by atoms with Gasteiger partial charge in [0.15, 0.2) is 0 Å². The molecule has 0 spiro atoms. The Bertz CT molecular complexity index is 716. The van der Waals surface area contributed by atoms with E-state index < -0.39 is 17.5 Å². The van der Waals surface area contributed by atoms with E-state index >= 15 is 0 Å². The molecule has 0 aliphatic heterocycles. The summed E-state index contributed by atoms with van der Waals surface area (Å²) in [4.78, 5) is 24.5. The van der Waals surface area contributed by atoms with Crippen LogP contribution in [-0.2, 0) is 24.7 Å². The van der Waals surface area contributed by atoms with E-state index in [1.165, 1.54) is 7.11 Å². The quantitative estimate of drug-likeness (QED) is 0.547. The van der Waals surface area contributed by atoms with Crippen LogP contribution in [0.5, 0.6) is 0 Å².